The summed E-state index contributed by atoms with van der Waals surface area (Å²) in [4.78, 5) is 0. The maximum Gasteiger partial charge on any atom is 0.0694 e. The van der Waals surface area contributed by atoms with E-state index in [1.165, 1.54) is 11.3 Å². The lowest BCUT2D eigenvalue weighted by atomic mass is 10.1. The van der Waals surface area contributed by atoms with Crippen LogP contribution in [0.5, 0.6) is 0 Å². The second kappa shape index (κ2) is 5.31. The maximum absolute atomic E-state index is 4.49. The Bertz CT molecular complexity index is 302. The lowest BCUT2D eigenvalue weighted by Crippen LogP contribution is -2.24. The molecule has 0 aliphatic carbocycles. The zero-order valence-corrected chi connectivity index (χ0v) is 10.5. The molecule has 3 heteroatoms. The highest BCUT2D eigenvalue weighted by Crippen LogP contribution is 2.17. The number of aromatic nitrogens is 2. The number of rotatable bonds is 5. The van der Waals surface area contributed by atoms with Crippen LogP contribution in [0.2, 0.25) is 0 Å². The molecule has 1 rings (SSSR count). The second-order valence-electron chi connectivity index (χ2n) is 4.56. The third-order valence-electron chi connectivity index (χ3n) is 2.74. The van der Waals surface area contributed by atoms with Crippen LogP contribution in [0, 0.1) is 0 Å². The van der Waals surface area contributed by atoms with Gasteiger partial charge in [-0.1, -0.05) is 20.8 Å². The molecule has 3 nitrogen and oxygen atoms in total. The van der Waals surface area contributed by atoms with Crippen LogP contribution in [0.4, 0.5) is 0 Å². The van der Waals surface area contributed by atoms with Crippen molar-refractivity contribution in [1.82, 2.24) is 15.1 Å². The van der Waals surface area contributed by atoms with Gasteiger partial charge < -0.3 is 5.32 Å². The summed E-state index contributed by atoms with van der Waals surface area (Å²) < 4.78 is 1.91. The molecule has 1 atom stereocenters. The van der Waals surface area contributed by atoms with Crippen LogP contribution in [0.25, 0.3) is 0 Å². The summed E-state index contributed by atoms with van der Waals surface area (Å²) in [6.07, 6.45) is 3.28. The third kappa shape index (κ3) is 3.34. The molecular formula is C12H23N3. The van der Waals surface area contributed by atoms with Gasteiger partial charge in [0.15, 0.2) is 0 Å². The minimum Gasteiger partial charge on any atom is -0.310 e. The summed E-state index contributed by atoms with van der Waals surface area (Å²) in [5, 5.41) is 7.99. The molecule has 0 bridgehead atoms. The Hall–Kier alpha value is -0.830. The number of nitrogens with zero attached hydrogens (tertiary/aromatic N) is 2. The van der Waals surface area contributed by atoms with Crippen LogP contribution in [0.1, 0.15) is 51.3 Å². The number of hydrogen-bond acceptors (Lipinski definition) is 2. The van der Waals surface area contributed by atoms with Crippen molar-refractivity contribution in [3.05, 3.63) is 17.5 Å². The molecule has 0 aliphatic heterocycles. The number of hydrogen-bond donors (Lipinski definition) is 1. The van der Waals surface area contributed by atoms with E-state index in [1.54, 1.807) is 0 Å². The average Bonchev–Trinajstić information content (AvgIpc) is 2.56. The predicted molar refractivity (Wildman–Crippen MR) is 63.9 cm³/mol. The van der Waals surface area contributed by atoms with E-state index >= 15 is 0 Å². The first-order valence-electron chi connectivity index (χ1n) is 5.80. The molecule has 0 aliphatic rings. The van der Waals surface area contributed by atoms with Crippen molar-refractivity contribution in [2.45, 2.75) is 52.6 Å². The fourth-order valence-electron chi connectivity index (χ4n) is 1.61. The number of aryl methyl sites for hydroxylation is 1. The largest absolute Gasteiger partial charge is 0.310 e. The lowest BCUT2D eigenvalue weighted by molar-refractivity contribution is 0.531. The van der Waals surface area contributed by atoms with Gasteiger partial charge in [-0.3, -0.25) is 4.68 Å². The SMILES string of the molecule is CCC(C)NCc1cn(C)nc1C(C)C. The highest BCUT2D eigenvalue weighted by Gasteiger charge is 2.11. The molecule has 1 aromatic heterocycles. The van der Waals surface area contributed by atoms with E-state index in [4.69, 9.17) is 0 Å². The van der Waals surface area contributed by atoms with Gasteiger partial charge in [0.1, 0.15) is 0 Å². The molecule has 0 amide bonds. The standard InChI is InChI=1S/C12H23N3/c1-6-10(4)13-7-11-8-15(5)14-12(11)9(2)3/h8-10,13H,6-7H2,1-5H3. The Kier molecular flexibility index (Phi) is 4.33. The van der Waals surface area contributed by atoms with Gasteiger partial charge in [0.05, 0.1) is 5.69 Å². The summed E-state index contributed by atoms with van der Waals surface area (Å²) in [7, 11) is 1.98. The first-order valence-corrected chi connectivity index (χ1v) is 5.80. The van der Waals surface area contributed by atoms with Gasteiger partial charge in [0.25, 0.3) is 0 Å². The van der Waals surface area contributed by atoms with Crippen molar-refractivity contribution in [2.24, 2.45) is 7.05 Å². The Labute approximate surface area is 92.9 Å². The normalized spacial score (nSPS) is 13.5. The van der Waals surface area contributed by atoms with E-state index < -0.39 is 0 Å². The Morgan fingerprint density at radius 1 is 1.40 bits per heavy atom. The van der Waals surface area contributed by atoms with Crippen molar-refractivity contribution in [2.75, 3.05) is 0 Å². The smallest absolute Gasteiger partial charge is 0.0694 e. The van der Waals surface area contributed by atoms with E-state index in [9.17, 15) is 0 Å². The zero-order valence-electron chi connectivity index (χ0n) is 10.5. The van der Waals surface area contributed by atoms with Crippen molar-refractivity contribution >= 4 is 0 Å². The van der Waals surface area contributed by atoms with Crippen LogP contribution < -0.4 is 5.32 Å². The highest BCUT2D eigenvalue weighted by molar-refractivity contribution is 5.19. The molecule has 0 spiro atoms. The van der Waals surface area contributed by atoms with Crippen LogP contribution in [0.15, 0.2) is 6.20 Å². The van der Waals surface area contributed by atoms with E-state index in [0.29, 0.717) is 12.0 Å². The zero-order chi connectivity index (χ0) is 11.4. The van der Waals surface area contributed by atoms with Gasteiger partial charge in [-0.25, -0.2) is 0 Å². The Morgan fingerprint density at radius 2 is 2.07 bits per heavy atom. The summed E-state index contributed by atoms with van der Waals surface area (Å²) in [6.45, 7) is 9.72. The molecule has 1 N–H and O–H groups in total. The maximum atomic E-state index is 4.49. The molecule has 0 radical (unpaired) electrons. The summed E-state index contributed by atoms with van der Waals surface area (Å²) in [5.41, 5.74) is 2.54. The van der Waals surface area contributed by atoms with Crippen molar-refractivity contribution in [3.8, 4) is 0 Å². The van der Waals surface area contributed by atoms with Gasteiger partial charge in [-0.2, -0.15) is 5.10 Å². The summed E-state index contributed by atoms with van der Waals surface area (Å²) in [5.74, 6) is 0.500. The highest BCUT2D eigenvalue weighted by atomic mass is 15.3. The fraction of sp³-hybridized carbons (Fsp3) is 0.750. The first kappa shape index (κ1) is 12.2. The molecule has 1 heterocycles. The molecule has 1 aromatic rings. The van der Waals surface area contributed by atoms with Crippen LogP contribution in [0.3, 0.4) is 0 Å². The van der Waals surface area contributed by atoms with E-state index in [1.807, 2.05) is 11.7 Å². The fourth-order valence-corrected chi connectivity index (χ4v) is 1.61. The predicted octanol–water partition coefficient (Wildman–Crippen LogP) is 2.43. The van der Waals surface area contributed by atoms with Crippen LogP contribution in [-0.4, -0.2) is 15.8 Å². The van der Waals surface area contributed by atoms with Crippen molar-refractivity contribution in [3.63, 3.8) is 0 Å². The lowest BCUT2D eigenvalue weighted by Gasteiger charge is -2.11. The minimum atomic E-state index is 0.500. The number of nitrogens with one attached hydrogen (secondary N) is 1. The van der Waals surface area contributed by atoms with Gasteiger partial charge in [0.2, 0.25) is 0 Å². The van der Waals surface area contributed by atoms with E-state index in [0.717, 1.165) is 13.0 Å². The molecule has 0 aromatic carbocycles. The Balaban J connectivity index is 2.67. The molecule has 15 heavy (non-hydrogen) atoms. The van der Waals surface area contributed by atoms with Gasteiger partial charge in [-0.05, 0) is 19.3 Å². The molecule has 1 unspecified atom stereocenters. The van der Waals surface area contributed by atoms with E-state index in [-0.39, 0.29) is 0 Å². The monoisotopic (exact) mass is 209 g/mol. The Morgan fingerprint density at radius 3 is 2.60 bits per heavy atom. The topological polar surface area (TPSA) is 29.9 Å². The van der Waals surface area contributed by atoms with Crippen molar-refractivity contribution in [1.29, 1.82) is 0 Å². The second-order valence-corrected chi connectivity index (χ2v) is 4.56. The average molecular weight is 209 g/mol. The third-order valence-corrected chi connectivity index (χ3v) is 2.74. The molecule has 0 saturated carbocycles. The molecular weight excluding hydrogens is 186 g/mol. The van der Waals surface area contributed by atoms with Crippen molar-refractivity contribution < 1.29 is 0 Å². The molecule has 86 valence electrons. The molecule has 0 saturated heterocycles. The first-order chi connectivity index (χ1) is 7.04. The van der Waals surface area contributed by atoms with Gasteiger partial charge >= 0.3 is 0 Å². The van der Waals surface area contributed by atoms with Gasteiger partial charge in [-0.15, -0.1) is 0 Å². The van der Waals surface area contributed by atoms with Gasteiger partial charge in [0, 0.05) is 31.4 Å². The van der Waals surface area contributed by atoms with Crippen LogP contribution in [-0.2, 0) is 13.6 Å². The van der Waals surface area contributed by atoms with E-state index in [2.05, 4.69) is 44.3 Å². The summed E-state index contributed by atoms with van der Waals surface area (Å²) >= 11 is 0. The quantitative estimate of drug-likeness (QED) is 0.807. The molecule has 0 fully saturated rings. The summed E-state index contributed by atoms with van der Waals surface area (Å²) in [6, 6.07) is 0.574. The minimum absolute atomic E-state index is 0.500. The van der Waals surface area contributed by atoms with Crippen LogP contribution >= 0.6 is 0 Å².